The summed E-state index contributed by atoms with van der Waals surface area (Å²) in [6.07, 6.45) is 0. The van der Waals surface area contributed by atoms with Crippen LogP contribution in [0.25, 0.3) is 0 Å². The molecule has 0 aromatic heterocycles. The van der Waals surface area contributed by atoms with Gasteiger partial charge < -0.3 is 0 Å². The highest BCUT2D eigenvalue weighted by Crippen LogP contribution is 2.28. The monoisotopic (exact) mass is 299 g/mol. The van der Waals surface area contributed by atoms with Crippen LogP contribution in [0.2, 0.25) is 0 Å². The molecule has 3 rings (SSSR count). The molecule has 4 nitrogen and oxygen atoms in total. The van der Waals surface area contributed by atoms with Crippen molar-refractivity contribution in [2.45, 2.75) is 17.3 Å². The van der Waals surface area contributed by atoms with Gasteiger partial charge in [-0.2, -0.15) is 0 Å². The van der Waals surface area contributed by atoms with Crippen LogP contribution in [0, 0.1) is 0 Å². The molecule has 2 amide bonds. The molecule has 1 aliphatic heterocycles. The lowest BCUT2D eigenvalue weighted by Gasteiger charge is -2.18. The maximum absolute atomic E-state index is 12.2. The van der Waals surface area contributed by atoms with Crippen LogP contribution in [-0.4, -0.2) is 22.3 Å². The quantitative estimate of drug-likeness (QED) is 0.493. The predicted molar refractivity (Wildman–Crippen MR) is 79.8 cm³/mol. The van der Waals surface area contributed by atoms with Gasteiger partial charge in [0, 0.05) is 4.90 Å². The Morgan fingerprint density at radius 3 is 2.00 bits per heavy atom. The summed E-state index contributed by atoms with van der Waals surface area (Å²) in [6.45, 7) is 1.81. The van der Waals surface area contributed by atoms with E-state index < -0.39 is 11.8 Å². The highest BCUT2D eigenvalue weighted by molar-refractivity contribution is 7.99. The molecule has 5 heteroatoms. The molecule has 0 radical (unpaired) electrons. The average Bonchev–Trinajstić information content (AvgIpc) is 2.74. The van der Waals surface area contributed by atoms with Gasteiger partial charge in [0.2, 0.25) is 0 Å². The highest BCUT2D eigenvalue weighted by atomic mass is 32.2. The lowest BCUT2D eigenvalue weighted by atomic mass is 10.1. The number of imide groups is 1. The number of nitrogens with zero attached hydrogens (tertiary/aromatic N) is 1. The first kappa shape index (κ1) is 13.9. The molecule has 0 N–H and O–H groups in total. The SMILES string of the molecule is C[C@H](ON1C(=O)c2ccccc2C1=O)Sc1ccccc1. The van der Waals surface area contributed by atoms with Crippen LogP contribution >= 0.6 is 11.8 Å². The average molecular weight is 299 g/mol. The molecule has 2 aromatic carbocycles. The van der Waals surface area contributed by atoms with E-state index in [1.807, 2.05) is 30.3 Å². The second-order valence-electron chi connectivity index (χ2n) is 4.55. The van der Waals surface area contributed by atoms with Gasteiger partial charge in [0.15, 0.2) is 0 Å². The van der Waals surface area contributed by atoms with Gasteiger partial charge in [0.05, 0.1) is 11.1 Å². The molecule has 0 fully saturated rings. The minimum Gasteiger partial charge on any atom is -0.266 e. The Bertz CT molecular complexity index is 652. The van der Waals surface area contributed by atoms with Crippen molar-refractivity contribution in [2.24, 2.45) is 0 Å². The number of carbonyl (C=O) groups excluding carboxylic acids is 2. The van der Waals surface area contributed by atoms with Crippen LogP contribution < -0.4 is 0 Å². The van der Waals surface area contributed by atoms with Crippen molar-refractivity contribution in [3.8, 4) is 0 Å². The van der Waals surface area contributed by atoms with Crippen LogP contribution in [-0.2, 0) is 4.84 Å². The minimum atomic E-state index is -0.406. The molecule has 0 unspecified atom stereocenters. The molecule has 1 atom stereocenters. The van der Waals surface area contributed by atoms with E-state index in [-0.39, 0.29) is 5.44 Å². The zero-order valence-electron chi connectivity index (χ0n) is 11.4. The summed E-state index contributed by atoms with van der Waals surface area (Å²) in [5, 5.41) is 0.852. The van der Waals surface area contributed by atoms with Gasteiger partial charge >= 0.3 is 0 Å². The highest BCUT2D eigenvalue weighted by Gasteiger charge is 2.37. The van der Waals surface area contributed by atoms with Gasteiger partial charge in [0.25, 0.3) is 11.8 Å². The number of fused-ring (bicyclic) bond motifs is 1. The number of thioether (sulfide) groups is 1. The van der Waals surface area contributed by atoms with Crippen molar-refractivity contribution >= 4 is 23.6 Å². The molecule has 0 spiro atoms. The van der Waals surface area contributed by atoms with Crippen LogP contribution in [0.15, 0.2) is 59.5 Å². The third kappa shape index (κ3) is 2.70. The van der Waals surface area contributed by atoms with E-state index in [0.29, 0.717) is 11.1 Å². The van der Waals surface area contributed by atoms with E-state index in [1.54, 1.807) is 31.2 Å². The molecule has 21 heavy (non-hydrogen) atoms. The van der Waals surface area contributed by atoms with Gasteiger partial charge in [-0.3, -0.25) is 9.59 Å². The van der Waals surface area contributed by atoms with E-state index in [1.165, 1.54) is 11.8 Å². The third-order valence-corrected chi connectivity index (χ3v) is 4.02. The van der Waals surface area contributed by atoms with Crippen molar-refractivity contribution < 1.29 is 14.4 Å². The largest absolute Gasteiger partial charge is 0.285 e. The number of carbonyl (C=O) groups is 2. The second-order valence-corrected chi connectivity index (χ2v) is 5.93. The fraction of sp³-hybridized carbons (Fsp3) is 0.125. The Labute approximate surface area is 126 Å². The molecular weight excluding hydrogens is 286 g/mol. The Morgan fingerprint density at radius 1 is 0.905 bits per heavy atom. The smallest absolute Gasteiger partial charge is 0.266 e. The Kier molecular flexibility index (Phi) is 3.77. The molecular formula is C16H13NO3S. The van der Waals surface area contributed by atoms with Gasteiger partial charge in [-0.15, -0.1) is 5.06 Å². The predicted octanol–water partition coefficient (Wildman–Crippen LogP) is 3.35. The number of benzene rings is 2. The molecule has 106 valence electrons. The number of amides is 2. The summed E-state index contributed by atoms with van der Waals surface area (Å²) < 4.78 is 0. The maximum atomic E-state index is 12.2. The van der Waals surface area contributed by atoms with Crippen molar-refractivity contribution in [3.63, 3.8) is 0 Å². The first-order chi connectivity index (χ1) is 10.2. The van der Waals surface area contributed by atoms with Crippen molar-refractivity contribution in [1.82, 2.24) is 5.06 Å². The molecule has 0 saturated carbocycles. The van der Waals surface area contributed by atoms with Crippen molar-refractivity contribution in [2.75, 3.05) is 0 Å². The maximum Gasteiger partial charge on any atom is 0.285 e. The van der Waals surface area contributed by atoms with E-state index in [9.17, 15) is 9.59 Å². The van der Waals surface area contributed by atoms with Gasteiger partial charge in [-0.05, 0) is 31.2 Å². The van der Waals surface area contributed by atoms with E-state index in [4.69, 9.17) is 4.84 Å². The minimum absolute atomic E-state index is 0.352. The van der Waals surface area contributed by atoms with Gasteiger partial charge in [-0.25, -0.2) is 4.84 Å². The zero-order valence-corrected chi connectivity index (χ0v) is 12.2. The Hall–Kier alpha value is -2.11. The number of hydrogen-bond acceptors (Lipinski definition) is 4. The normalized spacial score (nSPS) is 15.2. The lowest BCUT2D eigenvalue weighted by Crippen LogP contribution is -2.32. The lowest BCUT2D eigenvalue weighted by molar-refractivity contribution is -0.0979. The van der Waals surface area contributed by atoms with Gasteiger partial charge in [-0.1, -0.05) is 42.1 Å². The standard InChI is InChI=1S/C16H13NO3S/c1-11(21-12-7-3-2-4-8-12)20-17-15(18)13-9-5-6-10-14(13)16(17)19/h2-11H,1H3/t11-/m1/s1. The molecule has 1 aliphatic rings. The Morgan fingerprint density at radius 2 is 1.43 bits per heavy atom. The summed E-state index contributed by atoms with van der Waals surface area (Å²) in [6, 6.07) is 16.4. The fourth-order valence-electron chi connectivity index (χ4n) is 2.12. The summed E-state index contributed by atoms with van der Waals surface area (Å²) in [7, 11) is 0. The molecule has 1 heterocycles. The Balaban J connectivity index is 1.72. The van der Waals surface area contributed by atoms with Crippen LogP contribution in [0.3, 0.4) is 0 Å². The molecule has 0 saturated heterocycles. The van der Waals surface area contributed by atoms with Crippen LogP contribution in [0.5, 0.6) is 0 Å². The molecule has 0 bridgehead atoms. The van der Waals surface area contributed by atoms with E-state index in [0.717, 1.165) is 9.96 Å². The number of hydrogen-bond donors (Lipinski definition) is 0. The van der Waals surface area contributed by atoms with E-state index in [2.05, 4.69) is 0 Å². The fourth-order valence-corrected chi connectivity index (χ4v) is 2.95. The van der Waals surface area contributed by atoms with Crippen molar-refractivity contribution in [1.29, 1.82) is 0 Å². The van der Waals surface area contributed by atoms with Crippen LogP contribution in [0.4, 0.5) is 0 Å². The first-order valence-corrected chi connectivity index (χ1v) is 7.41. The van der Waals surface area contributed by atoms with Crippen LogP contribution in [0.1, 0.15) is 27.6 Å². The summed E-state index contributed by atoms with van der Waals surface area (Å²) >= 11 is 1.44. The summed E-state index contributed by atoms with van der Waals surface area (Å²) in [5.74, 6) is -0.813. The molecule has 2 aromatic rings. The zero-order chi connectivity index (χ0) is 14.8. The van der Waals surface area contributed by atoms with Crippen molar-refractivity contribution in [3.05, 3.63) is 65.7 Å². The number of hydroxylamine groups is 2. The topological polar surface area (TPSA) is 46.6 Å². The third-order valence-electron chi connectivity index (χ3n) is 3.06. The molecule has 0 aliphatic carbocycles. The summed E-state index contributed by atoms with van der Waals surface area (Å²) in [4.78, 5) is 30.9. The second kappa shape index (κ2) is 5.71. The summed E-state index contributed by atoms with van der Waals surface area (Å²) in [5.41, 5.74) is 0.424. The first-order valence-electron chi connectivity index (χ1n) is 6.53. The number of rotatable bonds is 4. The van der Waals surface area contributed by atoms with E-state index >= 15 is 0 Å². The van der Waals surface area contributed by atoms with Gasteiger partial charge in [0.1, 0.15) is 5.44 Å².